The summed E-state index contributed by atoms with van der Waals surface area (Å²) in [5, 5.41) is 2.68. The second kappa shape index (κ2) is 11.2. The van der Waals surface area contributed by atoms with Crippen LogP contribution in [0, 0.1) is 0 Å². The molecule has 0 saturated carbocycles. The van der Waals surface area contributed by atoms with Crippen molar-refractivity contribution in [2.75, 3.05) is 26.2 Å². The minimum Gasteiger partial charge on any atom is -0.456 e. The van der Waals surface area contributed by atoms with Gasteiger partial charge in [-0.3, -0.25) is 9.59 Å². The highest BCUT2D eigenvalue weighted by molar-refractivity contribution is 7.89. The van der Waals surface area contributed by atoms with Gasteiger partial charge in [0.2, 0.25) is 10.0 Å². The lowest BCUT2D eigenvalue weighted by Crippen LogP contribution is -2.35. The smallest absolute Gasteiger partial charge is 0.306 e. The number of nitrogens with zero attached hydrogens (tertiary/aromatic N) is 1. The molecular weight excluding hydrogens is 380 g/mol. The van der Waals surface area contributed by atoms with Gasteiger partial charge in [0, 0.05) is 26.1 Å². The normalized spacial score (nSPS) is 15.2. The number of nitrogens with one attached hydrogen (secondary N) is 1. The fourth-order valence-electron chi connectivity index (χ4n) is 3.00. The molecule has 2 rings (SSSR count). The molecule has 0 radical (unpaired) electrons. The van der Waals surface area contributed by atoms with Crippen LogP contribution in [-0.2, 0) is 30.8 Å². The molecule has 1 aromatic carbocycles. The molecule has 1 amide bonds. The fourth-order valence-corrected chi connectivity index (χ4v) is 4.52. The number of aryl methyl sites for hydroxylation is 1. The van der Waals surface area contributed by atoms with Crippen molar-refractivity contribution in [1.82, 2.24) is 9.62 Å². The summed E-state index contributed by atoms with van der Waals surface area (Å²) in [4.78, 5) is 23.6. The van der Waals surface area contributed by atoms with Crippen molar-refractivity contribution in [1.29, 1.82) is 0 Å². The van der Waals surface area contributed by atoms with Crippen molar-refractivity contribution in [3.05, 3.63) is 29.8 Å². The largest absolute Gasteiger partial charge is 0.456 e. The summed E-state index contributed by atoms with van der Waals surface area (Å²) in [6.07, 6.45) is 5.32. The van der Waals surface area contributed by atoms with Gasteiger partial charge in [-0.2, -0.15) is 4.31 Å². The standard InChI is InChI=1S/C20H30N2O5S/c1-2-3-13-21-19(23)16-27-20(24)12-9-17-7-10-18(11-8-17)28(25,26)22-14-5-4-6-15-22/h7-8,10-11H,2-6,9,12-16H2,1H3,(H,21,23). The lowest BCUT2D eigenvalue weighted by Gasteiger charge is -2.25. The van der Waals surface area contributed by atoms with Crippen molar-refractivity contribution < 1.29 is 22.7 Å². The van der Waals surface area contributed by atoms with Gasteiger partial charge in [0.15, 0.2) is 6.61 Å². The second-order valence-corrected chi connectivity index (χ2v) is 8.91. The molecule has 1 aromatic rings. The van der Waals surface area contributed by atoms with Crippen LogP contribution in [-0.4, -0.2) is 50.8 Å². The number of benzene rings is 1. The Morgan fingerprint density at radius 3 is 2.43 bits per heavy atom. The lowest BCUT2D eigenvalue weighted by molar-refractivity contribution is -0.148. The van der Waals surface area contributed by atoms with Gasteiger partial charge in [0.25, 0.3) is 5.91 Å². The van der Waals surface area contributed by atoms with E-state index in [1.807, 2.05) is 6.92 Å². The third-order valence-electron chi connectivity index (χ3n) is 4.71. The van der Waals surface area contributed by atoms with Gasteiger partial charge in [-0.05, 0) is 43.4 Å². The van der Waals surface area contributed by atoms with E-state index in [1.165, 1.54) is 4.31 Å². The number of amides is 1. The molecule has 156 valence electrons. The van der Waals surface area contributed by atoms with Crippen LogP contribution in [0.4, 0.5) is 0 Å². The van der Waals surface area contributed by atoms with Gasteiger partial charge < -0.3 is 10.1 Å². The average molecular weight is 411 g/mol. The Hall–Kier alpha value is -1.93. The Morgan fingerprint density at radius 1 is 1.11 bits per heavy atom. The highest BCUT2D eigenvalue weighted by Gasteiger charge is 2.25. The number of sulfonamides is 1. The lowest BCUT2D eigenvalue weighted by atomic mass is 10.1. The van der Waals surface area contributed by atoms with Crippen molar-refractivity contribution in [2.24, 2.45) is 0 Å². The maximum absolute atomic E-state index is 12.6. The number of hydrogen-bond donors (Lipinski definition) is 1. The van der Waals surface area contributed by atoms with Gasteiger partial charge >= 0.3 is 5.97 Å². The summed E-state index contributed by atoms with van der Waals surface area (Å²) in [5.41, 5.74) is 0.849. The molecule has 1 aliphatic heterocycles. The van der Waals surface area contributed by atoms with Crippen LogP contribution in [0.25, 0.3) is 0 Å². The Morgan fingerprint density at radius 2 is 1.79 bits per heavy atom. The van der Waals surface area contributed by atoms with E-state index < -0.39 is 16.0 Å². The molecule has 1 heterocycles. The van der Waals surface area contributed by atoms with E-state index in [2.05, 4.69) is 5.32 Å². The molecule has 0 atom stereocenters. The number of carbonyl (C=O) groups is 2. The zero-order chi connectivity index (χ0) is 20.4. The van der Waals surface area contributed by atoms with Crippen LogP contribution in [0.1, 0.15) is 51.0 Å². The van der Waals surface area contributed by atoms with E-state index in [0.717, 1.165) is 37.7 Å². The third kappa shape index (κ3) is 6.91. The van der Waals surface area contributed by atoms with E-state index in [-0.39, 0.29) is 23.8 Å². The molecule has 0 unspecified atom stereocenters. The quantitative estimate of drug-likeness (QED) is 0.472. The summed E-state index contributed by atoms with van der Waals surface area (Å²) in [5.74, 6) is -0.746. The number of carbonyl (C=O) groups excluding carboxylic acids is 2. The van der Waals surface area contributed by atoms with Crippen LogP contribution in [0.15, 0.2) is 29.2 Å². The highest BCUT2D eigenvalue weighted by atomic mass is 32.2. The third-order valence-corrected chi connectivity index (χ3v) is 6.62. The molecule has 0 bridgehead atoms. The SMILES string of the molecule is CCCCNC(=O)COC(=O)CCc1ccc(S(=O)(=O)N2CCCCC2)cc1. The molecule has 28 heavy (non-hydrogen) atoms. The minimum atomic E-state index is -3.44. The Labute approximate surface area is 167 Å². The molecule has 0 aliphatic carbocycles. The number of piperidine rings is 1. The van der Waals surface area contributed by atoms with Crippen LogP contribution in [0.2, 0.25) is 0 Å². The van der Waals surface area contributed by atoms with Crippen molar-refractivity contribution in [2.45, 2.75) is 56.8 Å². The van der Waals surface area contributed by atoms with Crippen LogP contribution >= 0.6 is 0 Å². The topological polar surface area (TPSA) is 92.8 Å². The van der Waals surface area contributed by atoms with Crippen LogP contribution in [0.5, 0.6) is 0 Å². The molecule has 1 fully saturated rings. The zero-order valence-electron chi connectivity index (χ0n) is 16.5. The predicted molar refractivity (Wildman–Crippen MR) is 106 cm³/mol. The number of rotatable bonds is 10. The predicted octanol–water partition coefficient (Wildman–Crippen LogP) is 2.25. The van der Waals surface area contributed by atoms with Crippen molar-refractivity contribution in [3.63, 3.8) is 0 Å². The Balaban J connectivity index is 1.77. The maximum Gasteiger partial charge on any atom is 0.306 e. The molecule has 1 N–H and O–H groups in total. The Bertz CT molecular complexity index is 740. The molecule has 0 aromatic heterocycles. The molecule has 1 saturated heterocycles. The second-order valence-electron chi connectivity index (χ2n) is 6.97. The highest BCUT2D eigenvalue weighted by Crippen LogP contribution is 2.21. The van der Waals surface area contributed by atoms with Crippen molar-refractivity contribution >= 4 is 21.9 Å². The minimum absolute atomic E-state index is 0.139. The fraction of sp³-hybridized carbons (Fsp3) is 0.600. The molecule has 8 heteroatoms. The summed E-state index contributed by atoms with van der Waals surface area (Å²) in [6.45, 7) is 3.49. The molecule has 0 spiro atoms. The summed E-state index contributed by atoms with van der Waals surface area (Å²) >= 11 is 0. The zero-order valence-corrected chi connectivity index (χ0v) is 17.3. The van der Waals surface area contributed by atoms with Crippen LogP contribution < -0.4 is 5.32 Å². The number of hydrogen-bond acceptors (Lipinski definition) is 5. The van der Waals surface area contributed by atoms with Crippen LogP contribution in [0.3, 0.4) is 0 Å². The van der Waals surface area contributed by atoms with E-state index in [0.29, 0.717) is 26.1 Å². The number of unbranched alkanes of at least 4 members (excludes halogenated alkanes) is 1. The summed E-state index contributed by atoms with van der Waals surface area (Å²) in [6, 6.07) is 6.63. The first-order valence-corrected chi connectivity index (χ1v) is 11.4. The summed E-state index contributed by atoms with van der Waals surface area (Å²) < 4.78 is 31.7. The monoisotopic (exact) mass is 410 g/mol. The van der Waals surface area contributed by atoms with E-state index >= 15 is 0 Å². The number of esters is 1. The molecule has 7 nitrogen and oxygen atoms in total. The van der Waals surface area contributed by atoms with E-state index in [1.54, 1.807) is 24.3 Å². The van der Waals surface area contributed by atoms with Crippen molar-refractivity contribution in [3.8, 4) is 0 Å². The summed E-state index contributed by atoms with van der Waals surface area (Å²) in [7, 11) is -3.44. The first kappa shape index (κ1) is 22.4. The first-order valence-electron chi connectivity index (χ1n) is 9.95. The molecular formula is C20H30N2O5S. The average Bonchev–Trinajstić information content (AvgIpc) is 2.72. The van der Waals surface area contributed by atoms with E-state index in [4.69, 9.17) is 4.74 Å². The van der Waals surface area contributed by atoms with Gasteiger partial charge in [0.1, 0.15) is 0 Å². The van der Waals surface area contributed by atoms with E-state index in [9.17, 15) is 18.0 Å². The van der Waals surface area contributed by atoms with Gasteiger partial charge in [0.05, 0.1) is 4.90 Å². The Kier molecular flexibility index (Phi) is 8.92. The molecule has 1 aliphatic rings. The first-order chi connectivity index (χ1) is 13.4. The maximum atomic E-state index is 12.6. The van der Waals surface area contributed by atoms with Gasteiger partial charge in [-0.1, -0.05) is 31.9 Å². The van der Waals surface area contributed by atoms with Gasteiger partial charge in [-0.25, -0.2) is 8.42 Å². The number of ether oxygens (including phenoxy) is 1. The van der Waals surface area contributed by atoms with Gasteiger partial charge in [-0.15, -0.1) is 0 Å².